The minimum atomic E-state index is -0.249. The topological polar surface area (TPSA) is 80.6 Å². The van der Waals surface area contributed by atoms with E-state index < -0.39 is 0 Å². The number of para-hydroxylation sites is 1. The quantitative estimate of drug-likeness (QED) is 0.778. The Bertz CT molecular complexity index is 638. The Balaban J connectivity index is 1.64. The first kappa shape index (κ1) is 16.6. The molecule has 0 unspecified atom stereocenters. The smallest absolute Gasteiger partial charge is 0.254 e. The third-order valence-corrected chi connectivity index (χ3v) is 3.33. The van der Waals surface area contributed by atoms with Gasteiger partial charge in [-0.2, -0.15) is 0 Å². The van der Waals surface area contributed by atoms with Crippen LogP contribution in [0.2, 0.25) is 0 Å². The van der Waals surface area contributed by atoms with Gasteiger partial charge in [0.2, 0.25) is 5.91 Å². The maximum absolute atomic E-state index is 11.7. The van der Waals surface area contributed by atoms with E-state index in [1.165, 1.54) is 12.5 Å². The number of nitrogens with one attached hydrogen (secondary N) is 2. The first-order valence-electron chi connectivity index (χ1n) is 7.39. The molecule has 0 radical (unpaired) electrons. The van der Waals surface area contributed by atoms with Crippen molar-refractivity contribution in [3.63, 3.8) is 0 Å². The van der Waals surface area contributed by atoms with Crippen LogP contribution in [-0.4, -0.2) is 32.0 Å². The zero-order valence-corrected chi connectivity index (χ0v) is 13.0. The lowest BCUT2D eigenvalue weighted by Crippen LogP contribution is -2.31. The van der Waals surface area contributed by atoms with Crippen molar-refractivity contribution in [1.29, 1.82) is 0 Å². The predicted molar refractivity (Wildman–Crippen MR) is 85.4 cm³/mol. The maximum atomic E-state index is 11.7. The Morgan fingerprint density at radius 2 is 1.96 bits per heavy atom. The van der Waals surface area contributed by atoms with Gasteiger partial charge in [-0.3, -0.25) is 9.59 Å². The second kappa shape index (κ2) is 8.63. The van der Waals surface area contributed by atoms with Gasteiger partial charge in [-0.15, -0.1) is 0 Å². The summed E-state index contributed by atoms with van der Waals surface area (Å²) in [6.45, 7) is 0.805. The number of methoxy groups -OCH3 is 1. The summed E-state index contributed by atoms with van der Waals surface area (Å²) in [6, 6.07) is 9.27. The highest BCUT2D eigenvalue weighted by Crippen LogP contribution is 2.17. The van der Waals surface area contributed by atoms with E-state index in [4.69, 9.17) is 9.15 Å². The number of rotatable bonds is 8. The monoisotopic (exact) mass is 316 g/mol. The van der Waals surface area contributed by atoms with Crippen molar-refractivity contribution in [3.05, 3.63) is 54.0 Å². The third kappa shape index (κ3) is 5.18. The van der Waals surface area contributed by atoms with Gasteiger partial charge in [-0.1, -0.05) is 18.2 Å². The highest BCUT2D eigenvalue weighted by Gasteiger charge is 2.08. The van der Waals surface area contributed by atoms with Crippen molar-refractivity contribution < 1.29 is 18.7 Å². The number of carbonyl (C=O) groups is 2. The normalized spacial score (nSPS) is 10.1. The molecule has 23 heavy (non-hydrogen) atoms. The lowest BCUT2D eigenvalue weighted by Gasteiger charge is -2.09. The minimum Gasteiger partial charge on any atom is -0.496 e. The van der Waals surface area contributed by atoms with E-state index in [-0.39, 0.29) is 24.8 Å². The van der Waals surface area contributed by atoms with Gasteiger partial charge in [0.05, 0.1) is 18.9 Å². The van der Waals surface area contributed by atoms with Crippen LogP contribution in [0, 0.1) is 0 Å². The Hall–Kier alpha value is -2.76. The summed E-state index contributed by atoms with van der Waals surface area (Å²) in [4.78, 5) is 23.4. The van der Waals surface area contributed by atoms with Crippen LogP contribution in [0.1, 0.15) is 22.3 Å². The molecule has 0 saturated heterocycles. The van der Waals surface area contributed by atoms with Crippen molar-refractivity contribution in [2.24, 2.45) is 0 Å². The number of hydrogen-bond donors (Lipinski definition) is 2. The van der Waals surface area contributed by atoms with Crippen molar-refractivity contribution in [2.75, 3.05) is 20.2 Å². The number of carbonyl (C=O) groups excluding carboxylic acids is 2. The summed E-state index contributed by atoms with van der Waals surface area (Å²) in [7, 11) is 1.63. The molecule has 1 aromatic carbocycles. The number of amides is 2. The van der Waals surface area contributed by atoms with E-state index in [2.05, 4.69) is 10.6 Å². The van der Waals surface area contributed by atoms with Crippen LogP contribution in [0.15, 0.2) is 47.3 Å². The van der Waals surface area contributed by atoms with Crippen molar-refractivity contribution in [3.8, 4) is 5.75 Å². The van der Waals surface area contributed by atoms with E-state index in [1.807, 2.05) is 24.3 Å². The molecule has 2 rings (SSSR count). The van der Waals surface area contributed by atoms with Crippen LogP contribution >= 0.6 is 0 Å². The van der Waals surface area contributed by atoms with Crippen LogP contribution in [0.3, 0.4) is 0 Å². The van der Waals surface area contributed by atoms with Crippen LogP contribution in [0.25, 0.3) is 0 Å². The van der Waals surface area contributed by atoms with E-state index in [0.29, 0.717) is 18.5 Å². The van der Waals surface area contributed by atoms with Crippen LogP contribution in [-0.2, 0) is 11.2 Å². The second-order valence-electron chi connectivity index (χ2n) is 4.93. The molecule has 6 nitrogen and oxygen atoms in total. The largest absolute Gasteiger partial charge is 0.496 e. The lowest BCUT2D eigenvalue weighted by molar-refractivity contribution is -0.120. The molecular weight excluding hydrogens is 296 g/mol. The van der Waals surface area contributed by atoms with Crippen molar-refractivity contribution in [1.82, 2.24) is 10.6 Å². The molecule has 2 aromatic rings. The van der Waals surface area contributed by atoms with Gasteiger partial charge in [0.15, 0.2) is 0 Å². The van der Waals surface area contributed by atoms with Crippen molar-refractivity contribution in [2.45, 2.75) is 12.8 Å². The molecule has 122 valence electrons. The summed E-state index contributed by atoms with van der Waals surface area (Å²) in [6.07, 6.45) is 3.72. The standard InChI is InChI=1S/C17H20N2O4/c1-22-15-5-3-2-4-13(15)6-9-18-16(20)7-10-19-17(21)14-8-11-23-12-14/h2-5,8,11-12H,6-7,9-10H2,1H3,(H,18,20)(H,19,21). The van der Waals surface area contributed by atoms with Gasteiger partial charge in [-0.05, 0) is 24.1 Å². The molecule has 0 atom stereocenters. The summed E-state index contributed by atoms with van der Waals surface area (Å²) < 4.78 is 10.1. The highest BCUT2D eigenvalue weighted by atomic mass is 16.5. The Kier molecular flexibility index (Phi) is 6.23. The molecule has 1 heterocycles. The molecule has 0 spiro atoms. The Labute approximate surface area is 134 Å². The van der Waals surface area contributed by atoms with Gasteiger partial charge < -0.3 is 19.8 Å². The number of hydrogen-bond acceptors (Lipinski definition) is 4. The maximum Gasteiger partial charge on any atom is 0.254 e. The Morgan fingerprint density at radius 3 is 2.70 bits per heavy atom. The second-order valence-corrected chi connectivity index (χ2v) is 4.93. The van der Waals surface area contributed by atoms with E-state index in [9.17, 15) is 9.59 Å². The lowest BCUT2D eigenvalue weighted by atomic mass is 10.1. The fourth-order valence-corrected chi connectivity index (χ4v) is 2.12. The SMILES string of the molecule is COc1ccccc1CCNC(=O)CCNC(=O)c1ccoc1. The van der Waals surface area contributed by atoms with Gasteiger partial charge in [0.1, 0.15) is 12.0 Å². The zero-order valence-electron chi connectivity index (χ0n) is 13.0. The average Bonchev–Trinajstić information content (AvgIpc) is 3.10. The summed E-state index contributed by atoms with van der Waals surface area (Å²) >= 11 is 0. The van der Waals surface area contributed by atoms with Gasteiger partial charge in [0, 0.05) is 19.5 Å². The molecule has 2 amide bonds. The number of furan rings is 1. The molecule has 0 aliphatic rings. The van der Waals surface area contributed by atoms with Gasteiger partial charge in [0.25, 0.3) is 5.91 Å². The Morgan fingerprint density at radius 1 is 1.13 bits per heavy atom. The molecule has 0 aliphatic carbocycles. The summed E-state index contributed by atoms with van der Waals surface area (Å²) in [5.74, 6) is 0.460. The zero-order chi connectivity index (χ0) is 16.5. The fourth-order valence-electron chi connectivity index (χ4n) is 2.12. The summed E-state index contributed by atoms with van der Waals surface area (Å²) in [5.41, 5.74) is 1.49. The van der Waals surface area contributed by atoms with Gasteiger partial charge >= 0.3 is 0 Å². The molecular formula is C17H20N2O4. The van der Waals surface area contributed by atoms with Crippen LogP contribution < -0.4 is 15.4 Å². The predicted octanol–water partition coefficient (Wildman–Crippen LogP) is 1.77. The molecule has 6 heteroatoms. The molecule has 1 aromatic heterocycles. The van der Waals surface area contributed by atoms with Crippen molar-refractivity contribution >= 4 is 11.8 Å². The summed E-state index contributed by atoms with van der Waals surface area (Å²) in [5, 5.41) is 5.49. The molecule has 0 aliphatic heterocycles. The molecule has 2 N–H and O–H groups in total. The first-order chi connectivity index (χ1) is 11.2. The molecule has 0 saturated carbocycles. The van der Waals surface area contributed by atoms with Crippen LogP contribution in [0.5, 0.6) is 5.75 Å². The third-order valence-electron chi connectivity index (χ3n) is 3.33. The minimum absolute atomic E-state index is 0.104. The van der Waals surface area contributed by atoms with Gasteiger partial charge in [-0.25, -0.2) is 0 Å². The molecule has 0 fully saturated rings. The van der Waals surface area contributed by atoms with E-state index >= 15 is 0 Å². The fraction of sp³-hybridized carbons (Fsp3) is 0.294. The highest BCUT2D eigenvalue weighted by molar-refractivity contribution is 5.94. The van der Waals surface area contributed by atoms with Crippen LogP contribution in [0.4, 0.5) is 0 Å². The van der Waals surface area contributed by atoms with E-state index in [1.54, 1.807) is 13.2 Å². The van der Waals surface area contributed by atoms with E-state index in [0.717, 1.165) is 11.3 Å². The number of benzene rings is 1. The molecule has 0 bridgehead atoms. The first-order valence-corrected chi connectivity index (χ1v) is 7.39. The average molecular weight is 316 g/mol. The number of ether oxygens (including phenoxy) is 1.